The van der Waals surface area contributed by atoms with Crippen molar-refractivity contribution >= 4 is 85.8 Å². The summed E-state index contributed by atoms with van der Waals surface area (Å²) in [5, 5.41) is 17.2. The van der Waals surface area contributed by atoms with Gasteiger partial charge in [-0.05, 0) is 63.1 Å². The third kappa shape index (κ3) is 17.3. The van der Waals surface area contributed by atoms with E-state index in [2.05, 4.69) is 46.9 Å². The molecule has 1 aliphatic heterocycles. The number of para-hydroxylation sites is 1. The highest BCUT2D eigenvalue weighted by atomic mass is 33.1. The van der Waals surface area contributed by atoms with Gasteiger partial charge in [0.1, 0.15) is 35.7 Å². The predicted molar refractivity (Wildman–Crippen MR) is 261 cm³/mol. The molecule has 4 rings (SSSR count). The molecule has 0 spiro atoms. The normalized spacial score (nSPS) is 21.7. The number of nitrogens with zero attached hydrogens (tertiary/aromatic N) is 2. The number of fused-ring (bicyclic) bond motifs is 1. The Kier molecular flexibility index (Phi) is 20.6. The van der Waals surface area contributed by atoms with Crippen molar-refractivity contribution in [2.75, 3.05) is 24.6 Å². The smallest absolute Gasteiger partial charge is 0.245 e. The monoisotopic (exact) mass is 965 g/mol. The van der Waals surface area contributed by atoms with Gasteiger partial charge in [-0.25, -0.2) is 0 Å². The molecule has 1 aromatic heterocycles. The minimum atomic E-state index is -1.66. The zero-order valence-electron chi connectivity index (χ0n) is 37.5. The second-order valence-corrected chi connectivity index (χ2v) is 19.1. The molecule has 0 bridgehead atoms. The number of rotatable bonds is 15. The number of carbonyl (C=O) groups is 7. The molecule has 67 heavy (non-hydrogen) atoms. The van der Waals surface area contributed by atoms with Gasteiger partial charge >= 0.3 is 0 Å². The molecular formula is C43H63N15O7S2. The molecule has 7 amide bonds. The summed E-state index contributed by atoms with van der Waals surface area (Å²) < 4.78 is 0. The zero-order valence-corrected chi connectivity index (χ0v) is 39.2. The first-order valence-electron chi connectivity index (χ1n) is 21.7. The number of aliphatic imine (C=N–C) groups is 2. The summed E-state index contributed by atoms with van der Waals surface area (Å²) >= 11 is 0. The van der Waals surface area contributed by atoms with Crippen molar-refractivity contribution in [3.8, 4) is 0 Å². The number of aromatic nitrogens is 1. The van der Waals surface area contributed by atoms with E-state index in [-0.39, 0.29) is 75.0 Å². The van der Waals surface area contributed by atoms with Gasteiger partial charge in [0.15, 0.2) is 11.9 Å². The molecule has 0 radical (unpaired) electrons. The number of hydrogen-bond acceptors (Lipinski definition) is 12. The van der Waals surface area contributed by atoms with E-state index in [4.69, 9.17) is 34.4 Å². The molecule has 1 unspecified atom stereocenters. The third-order valence-corrected chi connectivity index (χ3v) is 13.1. The quantitative estimate of drug-likeness (QED) is 0.0339. The average molecular weight is 966 g/mol. The van der Waals surface area contributed by atoms with Crippen LogP contribution in [-0.2, 0) is 46.4 Å². The van der Waals surface area contributed by atoms with E-state index in [1.807, 2.05) is 24.3 Å². The number of guanidine groups is 2. The Hall–Kier alpha value is -6.53. The van der Waals surface area contributed by atoms with Gasteiger partial charge in [-0.1, -0.05) is 70.1 Å². The molecule has 22 nitrogen and oxygen atoms in total. The van der Waals surface area contributed by atoms with Gasteiger partial charge in [-0.3, -0.25) is 43.5 Å². The van der Waals surface area contributed by atoms with Gasteiger partial charge in [0.05, 0.1) is 6.04 Å². The lowest BCUT2D eigenvalue weighted by molar-refractivity contribution is -0.137. The lowest BCUT2D eigenvalue weighted by atomic mass is 9.99. The second kappa shape index (κ2) is 26.0. The Balaban J connectivity index is 1.72. The lowest BCUT2D eigenvalue weighted by Gasteiger charge is -2.31. The molecule has 0 saturated carbocycles. The van der Waals surface area contributed by atoms with Crippen molar-refractivity contribution in [3.05, 3.63) is 71.9 Å². The lowest BCUT2D eigenvalue weighted by Crippen LogP contribution is -2.63. The molecule has 1 saturated heterocycles. The van der Waals surface area contributed by atoms with Gasteiger partial charge in [-0.15, -0.1) is 0 Å². The van der Waals surface area contributed by atoms with Gasteiger partial charge in [0, 0.05) is 54.5 Å². The van der Waals surface area contributed by atoms with Crippen LogP contribution in [0, 0.1) is 0 Å². The summed E-state index contributed by atoms with van der Waals surface area (Å²) in [5.74, 6) is -5.24. The first kappa shape index (κ1) is 53.1. The fourth-order valence-electron chi connectivity index (χ4n) is 6.90. The first-order chi connectivity index (χ1) is 31.8. The molecule has 1 aliphatic rings. The number of amides is 7. The standard InChI is InChI=1S/C43H63N15O7S2/c1-43(2)40(65)57-31(20-24-10-4-3-5-11-24)37(62)54-29(15-9-18-51-42(48)49)36(61)55-32(21-25-22-52-28-14-7-6-12-26(25)28)38(63)56-33(34(45)59)23-67-66-19-16-30(39(64)58-43)53-35(60)27(44)13-8-17-50-41(46)47/h3-7,10-12,14,22,27,29-33,52H,8-9,13,15-21,23,44H2,1-2H3,(H2,45,59)(H,53,60)(H,54,62)(H,55,61)(H,56,63)(H,57,65)(H,58,64)(H4,46,47,50)(H4,48,49,51)/t27-,29-,30?,31+,32-,33-/m0/s1. The topological polar surface area (TPSA) is 388 Å². The van der Waals surface area contributed by atoms with Crippen LogP contribution in [0.5, 0.6) is 0 Å². The van der Waals surface area contributed by atoms with E-state index >= 15 is 0 Å². The molecule has 2 heterocycles. The number of nitrogens with two attached hydrogens (primary N) is 6. The molecule has 6 atom stereocenters. The van der Waals surface area contributed by atoms with Crippen molar-refractivity contribution in [3.63, 3.8) is 0 Å². The fraction of sp³-hybridized carbons (Fsp3) is 0.465. The predicted octanol–water partition coefficient (Wildman–Crippen LogP) is -2.02. The number of H-pyrrole nitrogens is 1. The highest BCUT2D eigenvalue weighted by Crippen LogP contribution is 2.24. The minimum Gasteiger partial charge on any atom is -0.370 e. The summed E-state index contributed by atoms with van der Waals surface area (Å²) in [6, 6.07) is 8.91. The fourth-order valence-corrected chi connectivity index (χ4v) is 9.17. The summed E-state index contributed by atoms with van der Waals surface area (Å²) in [6.45, 7) is 3.21. The van der Waals surface area contributed by atoms with Crippen molar-refractivity contribution in [2.24, 2.45) is 44.4 Å². The maximum atomic E-state index is 14.4. The number of aromatic amines is 1. The molecular weight excluding hydrogens is 903 g/mol. The molecule has 364 valence electrons. The number of nitrogens with one attached hydrogen (secondary N) is 7. The highest BCUT2D eigenvalue weighted by molar-refractivity contribution is 8.76. The first-order valence-corrected chi connectivity index (χ1v) is 24.2. The van der Waals surface area contributed by atoms with Gasteiger partial charge < -0.3 is 71.3 Å². The molecule has 1 fully saturated rings. The van der Waals surface area contributed by atoms with Gasteiger partial charge in [-0.2, -0.15) is 0 Å². The van der Waals surface area contributed by atoms with Crippen LogP contribution in [0.25, 0.3) is 10.9 Å². The van der Waals surface area contributed by atoms with Crippen LogP contribution in [0.15, 0.2) is 70.8 Å². The molecule has 19 N–H and O–H groups in total. The van der Waals surface area contributed by atoms with Crippen LogP contribution < -0.4 is 66.3 Å². The van der Waals surface area contributed by atoms with Crippen LogP contribution in [0.2, 0.25) is 0 Å². The maximum Gasteiger partial charge on any atom is 0.245 e. The summed E-state index contributed by atoms with van der Waals surface area (Å²) in [5.41, 5.74) is 34.3. The third-order valence-electron chi connectivity index (χ3n) is 10.6. The number of hydrogen-bond donors (Lipinski definition) is 13. The summed E-state index contributed by atoms with van der Waals surface area (Å²) in [4.78, 5) is 108. The van der Waals surface area contributed by atoms with E-state index in [0.717, 1.165) is 10.9 Å². The van der Waals surface area contributed by atoms with Crippen molar-refractivity contribution in [2.45, 2.75) is 101 Å². The van der Waals surface area contributed by atoms with E-state index in [9.17, 15) is 33.6 Å². The number of carbonyl (C=O) groups excluding carboxylic acids is 7. The Morgan fingerprint density at radius 1 is 0.761 bits per heavy atom. The molecule has 2 aromatic carbocycles. The second-order valence-electron chi connectivity index (χ2n) is 16.4. The SMILES string of the molecule is CC1(C)NC(=O)C(NC(=O)[C@@H](N)CCCN=C(N)N)CCSSC[C@@H](C(N)=O)NC(=O)[C@H](Cc2c[nH]c3ccccc23)NC(=O)[C@H](CCCN=C(N)N)NC(=O)[C@@H](Cc2ccccc2)NC1=O. The van der Waals surface area contributed by atoms with Crippen LogP contribution in [0.4, 0.5) is 0 Å². The Morgan fingerprint density at radius 2 is 1.37 bits per heavy atom. The number of benzene rings is 2. The maximum absolute atomic E-state index is 14.4. The average Bonchev–Trinajstić information content (AvgIpc) is 3.69. The molecule has 3 aromatic rings. The van der Waals surface area contributed by atoms with E-state index in [1.165, 1.54) is 35.4 Å². The van der Waals surface area contributed by atoms with Gasteiger partial charge in [0.25, 0.3) is 0 Å². The number of primary amides is 1. The zero-order chi connectivity index (χ0) is 49.1. The van der Waals surface area contributed by atoms with Crippen molar-refractivity contribution in [1.82, 2.24) is 36.9 Å². The van der Waals surface area contributed by atoms with E-state index < -0.39 is 83.1 Å². The Labute approximate surface area is 396 Å². The molecule has 24 heteroatoms. The van der Waals surface area contributed by atoms with Gasteiger partial charge in [0.2, 0.25) is 41.4 Å². The highest BCUT2D eigenvalue weighted by Gasteiger charge is 2.37. The van der Waals surface area contributed by atoms with Crippen molar-refractivity contribution in [1.29, 1.82) is 0 Å². The van der Waals surface area contributed by atoms with Crippen LogP contribution in [0.3, 0.4) is 0 Å². The summed E-state index contributed by atoms with van der Waals surface area (Å²) in [7, 11) is 2.42. The van der Waals surface area contributed by atoms with Crippen molar-refractivity contribution < 1.29 is 33.6 Å². The van der Waals surface area contributed by atoms with E-state index in [0.29, 0.717) is 17.5 Å². The van der Waals surface area contributed by atoms with Crippen LogP contribution in [-0.4, -0.2) is 125 Å². The summed E-state index contributed by atoms with van der Waals surface area (Å²) in [6.07, 6.45) is 2.49. The van der Waals surface area contributed by atoms with Crippen LogP contribution in [0.1, 0.15) is 57.1 Å². The van der Waals surface area contributed by atoms with Crippen LogP contribution >= 0.6 is 21.6 Å². The molecule has 0 aliphatic carbocycles. The minimum absolute atomic E-state index is 0.00581. The largest absolute Gasteiger partial charge is 0.370 e. The van der Waals surface area contributed by atoms with E-state index in [1.54, 1.807) is 36.5 Å². The Morgan fingerprint density at radius 3 is 2.06 bits per heavy atom. The Bertz CT molecular complexity index is 2250.